The monoisotopic (exact) mass is 353 g/mol. The lowest BCUT2D eigenvalue weighted by atomic mass is 10.1. The molecule has 0 spiro atoms. The molecule has 0 bridgehead atoms. The molecule has 7 heteroatoms. The van der Waals surface area contributed by atoms with Crippen LogP contribution in [0.25, 0.3) is 0 Å². The summed E-state index contributed by atoms with van der Waals surface area (Å²) in [7, 11) is -3.66. The van der Waals surface area contributed by atoms with Gasteiger partial charge in [0.25, 0.3) is 0 Å². The van der Waals surface area contributed by atoms with Crippen molar-refractivity contribution in [1.82, 2.24) is 0 Å². The van der Waals surface area contributed by atoms with Gasteiger partial charge in [-0.1, -0.05) is 5.16 Å². The van der Waals surface area contributed by atoms with Crippen LogP contribution in [0.1, 0.15) is 12.5 Å². The predicted octanol–water partition coefficient (Wildman–Crippen LogP) is 4.02. The van der Waals surface area contributed by atoms with Crippen molar-refractivity contribution >= 4 is 28.3 Å². The summed E-state index contributed by atoms with van der Waals surface area (Å²) in [5.74, 6) is 0.346. The van der Waals surface area contributed by atoms with Gasteiger partial charge in [0.2, 0.25) is 16.6 Å². The molecule has 1 rings (SSSR count). The molecule has 1 aromatic carbocycles. The van der Waals surface area contributed by atoms with Crippen LogP contribution in [0.5, 0.6) is 5.75 Å². The van der Waals surface area contributed by atoms with E-state index in [1.165, 1.54) is 0 Å². The van der Waals surface area contributed by atoms with Crippen molar-refractivity contribution in [2.24, 2.45) is 5.16 Å². The molecule has 0 fully saturated rings. The summed E-state index contributed by atoms with van der Waals surface area (Å²) in [6.07, 6.45) is 0. The van der Waals surface area contributed by atoms with Crippen LogP contribution in [0.2, 0.25) is 39.3 Å². The highest BCUT2D eigenvalue weighted by atomic mass is 28.4. The maximum Gasteiger partial charge on any atom is 0.347 e. The first-order valence-corrected chi connectivity index (χ1v) is 14.6. The van der Waals surface area contributed by atoms with Crippen LogP contribution in [0, 0.1) is 0 Å². The Balaban J connectivity index is 3.02. The quantitative estimate of drug-likeness (QED) is 0.422. The van der Waals surface area contributed by atoms with Crippen LogP contribution in [-0.4, -0.2) is 34.9 Å². The van der Waals surface area contributed by atoms with Gasteiger partial charge in [0.1, 0.15) is 12.4 Å². The molecule has 23 heavy (non-hydrogen) atoms. The first-order valence-electron chi connectivity index (χ1n) is 7.74. The molecule has 0 radical (unpaired) electrons. The number of oxime groups is 1. The second-order valence-electron chi connectivity index (χ2n) is 7.10. The maximum absolute atomic E-state index is 12.4. The van der Waals surface area contributed by atoms with Crippen LogP contribution < -0.4 is 4.43 Å². The molecule has 0 aromatic heterocycles. The van der Waals surface area contributed by atoms with Crippen molar-refractivity contribution in [1.29, 1.82) is 0 Å². The predicted molar refractivity (Wildman–Crippen MR) is 98.0 cm³/mol. The number of carbonyl (C=O) groups is 1. The molecule has 0 amide bonds. The van der Waals surface area contributed by atoms with E-state index in [1.54, 1.807) is 12.1 Å². The van der Waals surface area contributed by atoms with Gasteiger partial charge in [0.15, 0.2) is 5.71 Å². The van der Waals surface area contributed by atoms with E-state index in [1.807, 2.05) is 38.7 Å². The van der Waals surface area contributed by atoms with E-state index in [4.69, 9.17) is 13.7 Å². The Morgan fingerprint density at radius 2 is 1.57 bits per heavy atom. The number of hydrogen-bond donors (Lipinski definition) is 0. The van der Waals surface area contributed by atoms with Gasteiger partial charge in [0, 0.05) is 5.56 Å². The summed E-state index contributed by atoms with van der Waals surface area (Å²) >= 11 is 0. The maximum atomic E-state index is 12.4. The highest BCUT2D eigenvalue weighted by Crippen LogP contribution is 2.18. The van der Waals surface area contributed by atoms with Gasteiger partial charge < -0.3 is 13.7 Å². The van der Waals surface area contributed by atoms with Gasteiger partial charge in [-0.15, -0.1) is 0 Å². The number of rotatable bonds is 7. The highest BCUT2D eigenvalue weighted by molar-refractivity contribution is 6.73. The molecule has 0 aliphatic rings. The normalized spacial score (nSPS) is 12.7. The zero-order valence-corrected chi connectivity index (χ0v) is 17.1. The Morgan fingerprint density at radius 3 is 2.00 bits per heavy atom. The van der Waals surface area contributed by atoms with Crippen molar-refractivity contribution < 1.29 is 18.5 Å². The van der Waals surface area contributed by atoms with E-state index in [-0.39, 0.29) is 5.71 Å². The zero-order chi connectivity index (χ0) is 17.7. The lowest BCUT2D eigenvalue weighted by molar-refractivity contribution is -0.127. The van der Waals surface area contributed by atoms with E-state index in [0.29, 0.717) is 12.2 Å². The minimum Gasteiger partial charge on any atom is -0.544 e. The van der Waals surface area contributed by atoms with Gasteiger partial charge in [-0.25, -0.2) is 4.79 Å². The molecule has 0 N–H and O–H groups in total. The fraction of sp³-hybridized carbons (Fsp3) is 0.500. The summed E-state index contributed by atoms with van der Waals surface area (Å²) in [6, 6.07) is 7.30. The van der Waals surface area contributed by atoms with E-state index in [2.05, 4.69) is 24.8 Å². The lowest BCUT2D eigenvalue weighted by Gasteiger charge is -2.20. The van der Waals surface area contributed by atoms with Crippen molar-refractivity contribution in [2.45, 2.75) is 46.2 Å². The van der Waals surface area contributed by atoms with Crippen molar-refractivity contribution in [2.75, 3.05) is 6.61 Å². The minimum absolute atomic E-state index is 0.189. The summed E-state index contributed by atoms with van der Waals surface area (Å²) in [5.41, 5.74) is 0.846. The summed E-state index contributed by atoms with van der Waals surface area (Å²) in [4.78, 5) is 17.4. The summed E-state index contributed by atoms with van der Waals surface area (Å²) in [6.45, 7) is 14.4. The largest absolute Gasteiger partial charge is 0.544 e. The smallest absolute Gasteiger partial charge is 0.347 e. The number of carbonyl (C=O) groups excluding carboxylic acids is 1. The summed E-state index contributed by atoms with van der Waals surface area (Å²) < 4.78 is 11.4. The number of nitrogens with zero attached hydrogens (tertiary/aromatic N) is 1. The van der Waals surface area contributed by atoms with Crippen molar-refractivity contribution in [3.8, 4) is 5.75 Å². The van der Waals surface area contributed by atoms with Crippen LogP contribution in [0.15, 0.2) is 29.4 Å². The molecule has 0 unspecified atom stereocenters. The third kappa shape index (κ3) is 7.47. The Kier molecular flexibility index (Phi) is 6.58. The average molecular weight is 354 g/mol. The van der Waals surface area contributed by atoms with E-state index in [0.717, 1.165) is 5.75 Å². The lowest BCUT2D eigenvalue weighted by Crippen LogP contribution is -2.33. The molecule has 0 saturated heterocycles. The SMILES string of the molecule is CCON=C(C(=O)O[Si](C)(C)C)c1ccc(O[Si](C)(C)C)cc1. The molecule has 0 heterocycles. The highest BCUT2D eigenvalue weighted by Gasteiger charge is 2.25. The Hall–Kier alpha value is -1.61. The minimum atomic E-state index is -2.00. The van der Waals surface area contributed by atoms with Crippen molar-refractivity contribution in [3.05, 3.63) is 29.8 Å². The number of benzene rings is 1. The standard InChI is InChI=1S/C16H27NO4Si2/c1-8-19-17-15(16(18)21-23(5,6)7)13-9-11-14(12-10-13)20-22(2,3)4/h9-12H,8H2,1-7H3. The van der Waals surface area contributed by atoms with Gasteiger partial charge in [-0.3, -0.25) is 0 Å². The second kappa shape index (κ2) is 7.78. The zero-order valence-electron chi connectivity index (χ0n) is 15.1. The van der Waals surface area contributed by atoms with E-state index >= 15 is 0 Å². The van der Waals surface area contributed by atoms with E-state index in [9.17, 15) is 4.79 Å². The molecule has 1 aromatic rings. The van der Waals surface area contributed by atoms with Gasteiger partial charge in [-0.2, -0.15) is 0 Å². The van der Waals surface area contributed by atoms with Crippen LogP contribution in [0.4, 0.5) is 0 Å². The fourth-order valence-electron chi connectivity index (χ4n) is 1.70. The first kappa shape index (κ1) is 19.4. The molecule has 0 aliphatic carbocycles. The third-order valence-corrected chi connectivity index (χ3v) is 4.07. The van der Waals surface area contributed by atoms with Gasteiger partial charge in [0.05, 0.1) is 0 Å². The first-order chi connectivity index (χ1) is 10.5. The topological polar surface area (TPSA) is 57.1 Å². The van der Waals surface area contributed by atoms with Crippen molar-refractivity contribution in [3.63, 3.8) is 0 Å². The van der Waals surface area contributed by atoms with Crippen LogP contribution in [-0.2, 0) is 14.1 Å². The molecule has 0 aliphatic heterocycles. The van der Waals surface area contributed by atoms with E-state index < -0.39 is 22.6 Å². The third-order valence-electron chi connectivity index (χ3n) is 2.43. The summed E-state index contributed by atoms with van der Waals surface area (Å²) in [5, 5.41) is 3.93. The van der Waals surface area contributed by atoms with Crippen LogP contribution >= 0.6 is 0 Å². The Morgan fingerprint density at radius 1 is 1.00 bits per heavy atom. The molecule has 128 valence electrons. The second-order valence-corrected chi connectivity index (χ2v) is 16.0. The fourth-order valence-corrected chi connectivity index (χ4v) is 3.19. The molecule has 0 atom stereocenters. The van der Waals surface area contributed by atoms with Crippen LogP contribution in [0.3, 0.4) is 0 Å². The molecule has 5 nitrogen and oxygen atoms in total. The molecular weight excluding hydrogens is 326 g/mol. The average Bonchev–Trinajstić information content (AvgIpc) is 2.37. The van der Waals surface area contributed by atoms with Gasteiger partial charge in [-0.05, 0) is 70.5 Å². The Bertz CT molecular complexity index is 557. The molecular formula is C16H27NO4Si2. The Labute approximate surface area is 140 Å². The molecule has 0 saturated carbocycles. The number of hydrogen-bond acceptors (Lipinski definition) is 5. The van der Waals surface area contributed by atoms with Gasteiger partial charge >= 0.3 is 5.97 Å².